The Labute approximate surface area is 256 Å². The third kappa shape index (κ3) is 7.26. The Balaban J connectivity index is 1.51. The molecule has 3 atom stereocenters. The fourth-order valence-corrected chi connectivity index (χ4v) is 5.49. The molecule has 0 saturated carbocycles. The maximum Gasteiger partial charge on any atom is 0.416 e. The standard InChI is InChI=1S/C33H39F3N4O4/c1-19-14-23(12-13-25(19)30(41)39-17-20(2)40(21(3)18-39)31(42)44-32(5,6)7)24-15-28(29(37)38-16-24)43-22(4)26-10-8-9-11-27(26)33(34,35)36/h8-16,20-22H,17-18H2,1-7H3,(H2,37,38). The first-order valence-electron chi connectivity index (χ1n) is 14.5. The number of ether oxygens (including phenoxy) is 2. The summed E-state index contributed by atoms with van der Waals surface area (Å²) >= 11 is 0. The zero-order valence-corrected chi connectivity index (χ0v) is 26.0. The molecule has 2 N–H and O–H groups in total. The van der Waals surface area contributed by atoms with E-state index >= 15 is 0 Å². The molecule has 2 aromatic carbocycles. The molecule has 0 bridgehead atoms. The molecule has 1 aromatic heterocycles. The molecule has 0 spiro atoms. The van der Waals surface area contributed by atoms with Gasteiger partial charge >= 0.3 is 12.3 Å². The number of anilines is 1. The number of halogens is 3. The van der Waals surface area contributed by atoms with Gasteiger partial charge in [0.15, 0.2) is 11.6 Å². The van der Waals surface area contributed by atoms with Crippen LogP contribution in [0.5, 0.6) is 5.75 Å². The molecule has 1 fully saturated rings. The molecule has 44 heavy (non-hydrogen) atoms. The number of piperazine rings is 1. The van der Waals surface area contributed by atoms with Crippen molar-refractivity contribution in [1.29, 1.82) is 0 Å². The number of carbonyl (C=O) groups is 2. The van der Waals surface area contributed by atoms with Crippen LogP contribution in [0.4, 0.5) is 23.8 Å². The van der Waals surface area contributed by atoms with Gasteiger partial charge in [0.25, 0.3) is 5.91 Å². The predicted octanol–water partition coefficient (Wildman–Crippen LogP) is 7.27. The minimum atomic E-state index is -4.53. The van der Waals surface area contributed by atoms with Crippen molar-refractivity contribution in [3.63, 3.8) is 0 Å². The molecule has 8 nitrogen and oxygen atoms in total. The van der Waals surface area contributed by atoms with Crippen LogP contribution >= 0.6 is 0 Å². The topological polar surface area (TPSA) is 98.0 Å². The maximum atomic E-state index is 13.6. The molecular weight excluding hydrogens is 573 g/mol. The number of nitrogens with two attached hydrogens (primary N) is 1. The lowest BCUT2D eigenvalue weighted by molar-refractivity contribution is -0.139. The largest absolute Gasteiger partial charge is 0.482 e. The van der Waals surface area contributed by atoms with Gasteiger partial charge < -0.3 is 20.1 Å². The second-order valence-electron chi connectivity index (χ2n) is 12.3. The van der Waals surface area contributed by atoms with E-state index in [0.29, 0.717) is 24.2 Å². The SMILES string of the molecule is Cc1cc(-c2cnc(N)c(OC(C)c3ccccc3C(F)(F)F)c2)ccc1C(=O)N1CC(C)N(C(=O)OC(C)(C)C)C(C)C1. The highest BCUT2D eigenvalue weighted by molar-refractivity contribution is 5.96. The maximum absolute atomic E-state index is 13.6. The smallest absolute Gasteiger partial charge is 0.416 e. The zero-order chi connectivity index (χ0) is 32.6. The van der Waals surface area contributed by atoms with Crippen LogP contribution in [-0.2, 0) is 10.9 Å². The Morgan fingerprint density at radius 1 is 1.00 bits per heavy atom. The van der Waals surface area contributed by atoms with E-state index in [1.165, 1.54) is 25.1 Å². The number of nitrogens with zero attached hydrogens (tertiary/aromatic N) is 3. The predicted molar refractivity (Wildman–Crippen MR) is 162 cm³/mol. The second-order valence-corrected chi connectivity index (χ2v) is 12.3. The van der Waals surface area contributed by atoms with Gasteiger partial charge in [0.2, 0.25) is 0 Å². The summed E-state index contributed by atoms with van der Waals surface area (Å²) in [6.45, 7) is 13.3. The Kier molecular flexibility index (Phi) is 9.18. The van der Waals surface area contributed by atoms with Crippen molar-refractivity contribution in [2.45, 2.75) is 78.4 Å². The number of aryl methyl sites for hydroxylation is 1. The Morgan fingerprint density at radius 2 is 1.64 bits per heavy atom. The van der Waals surface area contributed by atoms with Gasteiger partial charge in [-0.2, -0.15) is 13.2 Å². The lowest BCUT2D eigenvalue weighted by Gasteiger charge is -2.44. The van der Waals surface area contributed by atoms with E-state index in [4.69, 9.17) is 15.2 Å². The highest BCUT2D eigenvalue weighted by atomic mass is 19.4. The van der Waals surface area contributed by atoms with Gasteiger partial charge in [-0.15, -0.1) is 0 Å². The number of aromatic nitrogens is 1. The van der Waals surface area contributed by atoms with Crippen LogP contribution in [0.1, 0.15) is 74.7 Å². The van der Waals surface area contributed by atoms with E-state index in [1.54, 1.807) is 34.2 Å². The summed E-state index contributed by atoms with van der Waals surface area (Å²) in [4.78, 5) is 34.0. The van der Waals surface area contributed by atoms with Crippen LogP contribution in [0.25, 0.3) is 11.1 Å². The van der Waals surface area contributed by atoms with E-state index in [0.717, 1.165) is 17.2 Å². The van der Waals surface area contributed by atoms with E-state index in [1.807, 2.05) is 47.6 Å². The van der Waals surface area contributed by atoms with Crippen molar-refractivity contribution in [2.75, 3.05) is 18.8 Å². The van der Waals surface area contributed by atoms with Gasteiger partial charge in [-0.1, -0.05) is 30.3 Å². The minimum absolute atomic E-state index is 0.0147. The number of rotatable bonds is 5. The summed E-state index contributed by atoms with van der Waals surface area (Å²) in [5.74, 6) is 0.0474. The fraction of sp³-hybridized carbons (Fsp3) is 0.424. The summed E-state index contributed by atoms with van der Waals surface area (Å²) in [6, 6.07) is 11.8. The molecule has 1 aliphatic heterocycles. The molecule has 2 heterocycles. The van der Waals surface area contributed by atoms with Crippen molar-refractivity contribution < 1.29 is 32.2 Å². The molecule has 0 radical (unpaired) electrons. The summed E-state index contributed by atoms with van der Waals surface area (Å²) < 4.78 is 52.1. The van der Waals surface area contributed by atoms with Gasteiger partial charge in [-0.25, -0.2) is 9.78 Å². The summed E-state index contributed by atoms with van der Waals surface area (Å²) in [6.07, 6.45) is -4.33. The van der Waals surface area contributed by atoms with Crippen molar-refractivity contribution >= 4 is 17.8 Å². The number of alkyl halides is 3. The first-order chi connectivity index (χ1) is 20.5. The second kappa shape index (κ2) is 12.4. The van der Waals surface area contributed by atoms with E-state index in [2.05, 4.69) is 4.98 Å². The van der Waals surface area contributed by atoms with Gasteiger partial charge in [0.1, 0.15) is 11.7 Å². The number of hydrogen-bond acceptors (Lipinski definition) is 6. The van der Waals surface area contributed by atoms with Crippen LogP contribution < -0.4 is 10.5 Å². The number of pyridine rings is 1. The first kappa shape index (κ1) is 32.6. The molecule has 0 aliphatic carbocycles. The van der Waals surface area contributed by atoms with Crippen LogP contribution in [0.15, 0.2) is 54.7 Å². The molecule has 3 unspecified atom stereocenters. The molecular formula is C33H39F3N4O4. The van der Waals surface area contributed by atoms with Crippen LogP contribution in [0.2, 0.25) is 0 Å². The summed E-state index contributed by atoms with van der Waals surface area (Å²) in [7, 11) is 0. The van der Waals surface area contributed by atoms with Crippen LogP contribution in [0.3, 0.4) is 0 Å². The number of amides is 2. The Bertz CT molecular complexity index is 1520. The van der Waals surface area contributed by atoms with E-state index in [9.17, 15) is 22.8 Å². The highest BCUT2D eigenvalue weighted by Gasteiger charge is 2.38. The average molecular weight is 613 g/mol. The van der Waals surface area contributed by atoms with Crippen molar-refractivity contribution in [2.24, 2.45) is 0 Å². The molecule has 4 rings (SSSR count). The number of benzene rings is 2. The molecule has 1 aliphatic rings. The van der Waals surface area contributed by atoms with E-state index in [-0.39, 0.29) is 35.1 Å². The lowest BCUT2D eigenvalue weighted by Crippen LogP contribution is -2.60. The van der Waals surface area contributed by atoms with Crippen LogP contribution in [0, 0.1) is 6.92 Å². The Hall–Kier alpha value is -4.28. The normalized spacial score (nSPS) is 18.1. The Morgan fingerprint density at radius 3 is 2.23 bits per heavy atom. The molecule has 2 amide bonds. The number of nitrogen functional groups attached to an aromatic ring is 1. The fourth-order valence-electron chi connectivity index (χ4n) is 5.49. The van der Waals surface area contributed by atoms with E-state index < -0.39 is 29.5 Å². The van der Waals surface area contributed by atoms with Crippen molar-refractivity contribution in [3.05, 3.63) is 77.0 Å². The number of carbonyl (C=O) groups excluding carboxylic acids is 2. The van der Waals surface area contributed by atoms with Crippen LogP contribution in [-0.4, -0.2) is 57.6 Å². The molecule has 236 valence electrons. The third-order valence-corrected chi connectivity index (χ3v) is 7.49. The molecule has 3 aromatic rings. The molecule has 1 saturated heterocycles. The van der Waals surface area contributed by atoms with Gasteiger partial charge in [0.05, 0.1) is 17.6 Å². The summed E-state index contributed by atoms with van der Waals surface area (Å²) in [5.41, 5.74) is 7.24. The third-order valence-electron chi connectivity index (χ3n) is 7.49. The molecule has 11 heteroatoms. The monoisotopic (exact) mass is 612 g/mol. The quantitative estimate of drug-likeness (QED) is 0.326. The minimum Gasteiger partial charge on any atom is -0.482 e. The number of hydrogen-bond donors (Lipinski definition) is 1. The van der Waals surface area contributed by atoms with Gasteiger partial charge in [-0.3, -0.25) is 9.69 Å². The zero-order valence-electron chi connectivity index (χ0n) is 26.0. The van der Waals surface area contributed by atoms with Crippen molar-refractivity contribution in [3.8, 4) is 16.9 Å². The summed E-state index contributed by atoms with van der Waals surface area (Å²) in [5, 5.41) is 0. The lowest BCUT2D eigenvalue weighted by atomic mass is 9.99. The highest BCUT2D eigenvalue weighted by Crippen LogP contribution is 2.37. The first-order valence-corrected chi connectivity index (χ1v) is 14.5. The van der Waals surface area contributed by atoms with Gasteiger partial charge in [0, 0.05) is 36.0 Å². The average Bonchev–Trinajstić information content (AvgIpc) is 2.92. The van der Waals surface area contributed by atoms with Gasteiger partial charge in [-0.05, 0) is 77.8 Å². The van der Waals surface area contributed by atoms with Crippen molar-refractivity contribution in [1.82, 2.24) is 14.8 Å².